The molecule has 0 spiro atoms. The maximum Gasteiger partial charge on any atom is 0.229 e. The first-order chi connectivity index (χ1) is 17.0. The highest BCUT2D eigenvalue weighted by molar-refractivity contribution is 6.32. The van der Waals surface area contributed by atoms with Gasteiger partial charge in [-0.3, -0.25) is 0 Å². The predicted octanol–water partition coefficient (Wildman–Crippen LogP) is 4.21. The summed E-state index contributed by atoms with van der Waals surface area (Å²) in [6, 6.07) is 9.68. The van der Waals surface area contributed by atoms with Gasteiger partial charge in [-0.05, 0) is 43.9 Å². The average Bonchev–Trinajstić information content (AvgIpc) is 3.26. The van der Waals surface area contributed by atoms with Gasteiger partial charge >= 0.3 is 0 Å². The molecule has 0 aromatic carbocycles. The molecule has 5 heterocycles. The number of anilines is 4. The Hall–Kier alpha value is -3.97. The summed E-state index contributed by atoms with van der Waals surface area (Å²) in [6.07, 6.45) is 7.28. The van der Waals surface area contributed by atoms with Crippen LogP contribution in [0.3, 0.4) is 0 Å². The topological polar surface area (TPSA) is 120 Å². The van der Waals surface area contributed by atoms with Crippen molar-refractivity contribution in [3.63, 3.8) is 0 Å². The van der Waals surface area contributed by atoms with Gasteiger partial charge in [-0.1, -0.05) is 18.5 Å². The van der Waals surface area contributed by atoms with Crippen molar-refractivity contribution in [3.05, 3.63) is 59.3 Å². The van der Waals surface area contributed by atoms with Crippen LogP contribution < -0.4 is 15.5 Å². The third kappa shape index (κ3) is 4.81. The predicted molar refractivity (Wildman–Crippen MR) is 135 cm³/mol. The second kappa shape index (κ2) is 9.72. The molecule has 2 unspecified atom stereocenters. The Morgan fingerprint density at radius 2 is 2.09 bits per heavy atom. The monoisotopic (exact) mass is 488 g/mol. The zero-order chi connectivity index (χ0) is 24.4. The van der Waals surface area contributed by atoms with Crippen molar-refractivity contribution < 1.29 is 0 Å². The molecule has 0 amide bonds. The molecular formula is C24H25ClN10. The molecule has 5 rings (SSSR count). The number of nitrogens with one attached hydrogen (secondary N) is 2. The lowest BCUT2D eigenvalue weighted by atomic mass is 9.90. The molecule has 0 bridgehead atoms. The highest BCUT2D eigenvalue weighted by Crippen LogP contribution is 2.29. The van der Waals surface area contributed by atoms with Gasteiger partial charge in [0, 0.05) is 49.0 Å². The lowest BCUT2D eigenvalue weighted by molar-refractivity contribution is 0.365. The van der Waals surface area contributed by atoms with Crippen molar-refractivity contribution in [2.24, 2.45) is 5.92 Å². The lowest BCUT2D eigenvalue weighted by Crippen LogP contribution is -2.46. The second-order valence-electron chi connectivity index (χ2n) is 8.60. The fourth-order valence-corrected chi connectivity index (χ4v) is 4.56. The van der Waals surface area contributed by atoms with E-state index < -0.39 is 0 Å². The molecule has 178 valence electrons. The van der Waals surface area contributed by atoms with Gasteiger partial charge in [-0.15, -0.1) is 10.2 Å². The Labute approximate surface area is 208 Å². The number of fused-ring (bicyclic) bond motifs is 1. The van der Waals surface area contributed by atoms with E-state index in [1.165, 1.54) is 0 Å². The Morgan fingerprint density at radius 1 is 1.20 bits per heavy atom. The number of nitrogens with zero attached hydrogens (tertiary/aromatic N) is 8. The first-order valence-electron chi connectivity index (χ1n) is 11.5. The molecule has 2 atom stereocenters. The lowest BCUT2D eigenvalue weighted by Gasteiger charge is -2.39. The summed E-state index contributed by atoms with van der Waals surface area (Å²) in [7, 11) is 0. The van der Waals surface area contributed by atoms with Gasteiger partial charge in [0.05, 0.1) is 6.20 Å². The number of aromatic nitrogens is 6. The molecule has 1 saturated heterocycles. The Kier molecular flexibility index (Phi) is 6.33. The number of halogens is 1. The minimum Gasteiger partial charge on any atom is -0.366 e. The summed E-state index contributed by atoms with van der Waals surface area (Å²) in [5.74, 6) is 2.21. The average molecular weight is 489 g/mol. The number of piperidine rings is 1. The number of aryl methyl sites for hydroxylation is 1. The van der Waals surface area contributed by atoms with Crippen LogP contribution in [0.2, 0.25) is 5.02 Å². The maximum absolute atomic E-state index is 8.96. The molecular weight excluding hydrogens is 464 g/mol. The van der Waals surface area contributed by atoms with E-state index in [2.05, 4.69) is 47.6 Å². The third-order valence-electron chi connectivity index (χ3n) is 6.37. The van der Waals surface area contributed by atoms with Gasteiger partial charge in [0.1, 0.15) is 16.7 Å². The molecule has 35 heavy (non-hydrogen) atoms. The van der Waals surface area contributed by atoms with Crippen LogP contribution in [-0.4, -0.2) is 48.7 Å². The number of rotatable bonds is 6. The smallest absolute Gasteiger partial charge is 0.229 e. The fraction of sp³-hybridized carbons (Fsp3) is 0.333. The van der Waals surface area contributed by atoms with E-state index in [1.807, 2.05) is 48.0 Å². The molecule has 10 nitrogen and oxygen atoms in total. The van der Waals surface area contributed by atoms with E-state index in [1.54, 1.807) is 12.3 Å². The van der Waals surface area contributed by atoms with Gasteiger partial charge < -0.3 is 19.9 Å². The van der Waals surface area contributed by atoms with Crippen LogP contribution in [0, 0.1) is 24.2 Å². The minimum absolute atomic E-state index is 0.201. The van der Waals surface area contributed by atoms with Crippen molar-refractivity contribution >= 4 is 40.5 Å². The van der Waals surface area contributed by atoms with E-state index in [0.717, 1.165) is 48.8 Å². The van der Waals surface area contributed by atoms with E-state index in [4.69, 9.17) is 16.9 Å². The normalized spacial score (nSPS) is 17.8. The summed E-state index contributed by atoms with van der Waals surface area (Å²) in [5.41, 5.74) is 3.09. The molecule has 1 aliphatic rings. The van der Waals surface area contributed by atoms with Gasteiger partial charge in [0.2, 0.25) is 5.95 Å². The van der Waals surface area contributed by atoms with Crippen molar-refractivity contribution in [1.29, 1.82) is 5.26 Å². The Morgan fingerprint density at radius 3 is 2.86 bits per heavy atom. The molecule has 0 radical (unpaired) electrons. The zero-order valence-corrected chi connectivity index (χ0v) is 20.2. The van der Waals surface area contributed by atoms with Crippen LogP contribution in [0.5, 0.6) is 0 Å². The largest absolute Gasteiger partial charge is 0.366 e. The standard InChI is InChI=1S/C24H25ClN10/c1-3-16-14-34(21-5-4-18(11-26)32-33-21)8-7-20(16)30-23-19(25)13-28-24(31-23)29-17-6-9-35-15(2)12-27-22(35)10-17/h4-6,9-10,12-13,16,20H,3,7-8,14H2,1-2H3,(H2,28,29,30,31). The van der Waals surface area contributed by atoms with E-state index in [9.17, 15) is 0 Å². The quantitative estimate of drug-likeness (QED) is 0.411. The molecule has 4 aromatic rings. The summed E-state index contributed by atoms with van der Waals surface area (Å²) in [5, 5.41) is 24.4. The van der Waals surface area contributed by atoms with Crippen LogP contribution in [0.25, 0.3) is 5.65 Å². The van der Waals surface area contributed by atoms with Crippen molar-refractivity contribution in [2.75, 3.05) is 28.6 Å². The van der Waals surface area contributed by atoms with Crippen LogP contribution >= 0.6 is 11.6 Å². The van der Waals surface area contributed by atoms with Gasteiger partial charge in [-0.25, -0.2) is 9.97 Å². The van der Waals surface area contributed by atoms with Gasteiger partial charge in [-0.2, -0.15) is 10.2 Å². The molecule has 4 aromatic heterocycles. The number of hydrogen-bond acceptors (Lipinski definition) is 9. The van der Waals surface area contributed by atoms with Crippen molar-refractivity contribution in [2.45, 2.75) is 32.7 Å². The number of pyridine rings is 1. The van der Waals surface area contributed by atoms with Gasteiger partial charge in [0.15, 0.2) is 17.3 Å². The summed E-state index contributed by atoms with van der Waals surface area (Å²) in [4.78, 5) is 15.6. The molecule has 0 aliphatic carbocycles. The van der Waals surface area contributed by atoms with E-state index >= 15 is 0 Å². The number of imidazole rings is 1. The molecule has 1 aliphatic heterocycles. The van der Waals surface area contributed by atoms with Crippen LogP contribution in [0.1, 0.15) is 31.2 Å². The Bertz CT molecular complexity index is 1380. The van der Waals surface area contributed by atoms with Crippen LogP contribution in [0.4, 0.5) is 23.3 Å². The fourth-order valence-electron chi connectivity index (χ4n) is 4.42. The number of nitriles is 1. The highest BCUT2D eigenvalue weighted by atomic mass is 35.5. The van der Waals surface area contributed by atoms with E-state index in [-0.39, 0.29) is 6.04 Å². The molecule has 2 N–H and O–H groups in total. The van der Waals surface area contributed by atoms with E-state index in [0.29, 0.717) is 28.4 Å². The van der Waals surface area contributed by atoms with Crippen molar-refractivity contribution in [1.82, 2.24) is 29.5 Å². The minimum atomic E-state index is 0.201. The summed E-state index contributed by atoms with van der Waals surface area (Å²) >= 11 is 6.46. The van der Waals surface area contributed by atoms with Crippen LogP contribution in [0.15, 0.2) is 42.9 Å². The zero-order valence-electron chi connectivity index (χ0n) is 19.5. The molecule has 11 heteroatoms. The first kappa shape index (κ1) is 22.8. The molecule has 1 fully saturated rings. The SMILES string of the molecule is CCC1CN(c2ccc(C#N)nn2)CCC1Nc1nc(Nc2ccn3c(C)cnc3c2)ncc1Cl. The highest BCUT2D eigenvalue weighted by Gasteiger charge is 2.29. The van der Waals surface area contributed by atoms with Gasteiger partial charge in [0.25, 0.3) is 0 Å². The number of hydrogen-bond donors (Lipinski definition) is 2. The molecule has 0 saturated carbocycles. The Balaban J connectivity index is 1.29. The summed E-state index contributed by atoms with van der Waals surface area (Å²) < 4.78 is 2.02. The first-order valence-corrected chi connectivity index (χ1v) is 11.9. The summed E-state index contributed by atoms with van der Waals surface area (Å²) in [6.45, 7) is 5.83. The third-order valence-corrected chi connectivity index (χ3v) is 6.64. The van der Waals surface area contributed by atoms with Crippen molar-refractivity contribution in [3.8, 4) is 6.07 Å². The van der Waals surface area contributed by atoms with Crippen LogP contribution in [-0.2, 0) is 0 Å². The maximum atomic E-state index is 8.96. The second-order valence-corrected chi connectivity index (χ2v) is 9.01.